The van der Waals surface area contributed by atoms with Crippen molar-refractivity contribution in [3.8, 4) is 5.75 Å². The number of ether oxygens (including phenoxy) is 1. The maximum Gasteiger partial charge on any atom is 0.387 e. The summed E-state index contributed by atoms with van der Waals surface area (Å²) < 4.78 is 41.2. The number of rotatable bonds is 6. The number of anilines is 2. The SMILES string of the molecule is NC(=O)C(O)CNc1cc(OC(F)F)c(F)cc1N. The average molecular weight is 279 g/mol. The van der Waals surface area contributed by atoms with Crippen LogP contribution in [0.15, 0.2) is 12.1 Å². The van der Waals surface area contributed by atoms with Crippen molar-refractivity contribution in [2.24, 2.45) is 5.73 Å². The van der Waals surface area contributed by atoms with Gasteiger partial charge in [0.15, 0.2) is 11.6 Å². The molecule has 0 heterocycles. The highest BCUT2D eigenvalue weighted by Crippen LogP contribution is 2.29. The van der Waals surface area contributed by atoms with Gasteiger partial charge in [-0.15, -0.1) is 0 Å². The third-order valence-corrected chi connectivity index (χ3v) is 2.13. The molecule has 1 unspecified atom stereocenters. The van der Waals surface area contributed by atoms with Gasteiger partial charge in [0.1, 0.15) is 6.10 Å². The molecule has 0 aliphatic rings. The molecule has 0 bridgehead atoms. The van der Waals surface area contributed by atoms with E-state index in [2.05, 4.69) is 10.1 Å². The molecule has 1 aromatic rings. The van der Waals surface area contributed by atoms with Gasteiger partial charge in [-0.1, -0.05) is 0 Å². The predicted molar refractivity (Wildman–Crippen MR) is 61.1 cm³/mol. The second-order valence-electron chi connectivity index (χ2n) is 3.55. The minimum atomic E-state index is -3.19. The van der Waals surface area contributed by atoms with Crippen molar-refractivity contribution >= 4 is 17.3 Å². The Balaban J connectivity index is 2.85. The van der Waals surface area contributed by atoms with E-state index in [0.717, 1.165) is 12.1 Å². The Morgan fingerprint density at radius 2 is 2.11 bits per heavy atom. The van der Waals surface area contributed by atoms with Crippen LogP contribution in [0.1, 0.15) is 0 Å². The lowest BCUT2D eigenvalue weighted by Crippen LogP contribution is -2.34. The molecule has 6 N–H and O–H groups in total. The fraction of sp³-hybridized carbons (Fsp3) is 0.300. The largest absolute Gasteiger partial charge is 0.432 e. The Morgan fingerprint density at radius 3 is 2.63 bits per heavy atom. The summed E-state index contributed by atoms with van der Waals surface area (Å²) in [6.45, 7) is -3.50. The van der Waals surface area contributed by atoms with Gasteiger partial charge in [-0.3, -0.25) is 4.79 Å². The zero-order chi connectivity index (χ0) is 14.6. The number of hydrogen-bond acceptors (Lipinski definition) is 5. The van der Waals surface area contributed by atoms with Crippen LogP contribution in [0.4, 0.5) is 24.5 Å². The molecule has 0 radical (unpaired) electrons. The van der Waals surface area contributed by atoms with Gasteiger partial charge in [0.25, 0.3) is 0 Å². The van der Waals surface area contributed by atoms with E-state index in [1.54, 1.807) is 0 Å². The summed E-state index contributed by atoms with van der Waals surface area (Å²) in [6.07, 6.45) is -1.50. The van der Waals surface area contributed by atoms with Crippen LogP contribution in [0.25, 0.3) is 0 Å². The molecule has 19 heavy (non-hydrogen) atoms. The summed E-state index contributed by atoms with van der Waals surface area (Å²) in [5.74, 6) is -2.74. The molecule has 106 valence electrons. The van der Waals surface area contributed by atoms with E-state index in [0.29, 0.717) is 0 Å². The lowest BCUT2D eigenvalue weighted by atomic mass is 10.2. The zero-order valence-corrected chi connectivity index (χ0v) is 9.57. The Hall–Kier alpha value is -2.16. The lowest BCUT2D eigenvalue weighted by Gasteiger charge is -2.14. The van der Waals surface area contributed by atoms with Crippen LogP contribution in [0, 0.1) is 5.82 Å². The molecule has 0 aliphatic heterocycles. The zero-order valence-electron chi connectivity index (χ0n) is 9.57. The van der Waals surface area contributed by atoms with E-state index in [-0.39, 0.29) is 17.9 Å². The summed E-state index contributed by atoms with van der Waals surface area (Å²) in [7, 11) is 0. The highest BCUT2D eigenvalue weighted by molar-refractivity contribution is 5.79. The van der Waals surface area contributed by atoms with Crippen molar-refractivity contribution in [3.05, 3.63) is 17.9 Å². The molecule has 0 saturated carbocycles. The first-order valence-corrected chi connectivity index (χ1v) is 5.06. The molecular formula is C10H12F3N3O3. The number of carbonyl (C=O) groups is 1. The van der Waals surface area contributed by atoms with Crippen LogP contribution in [-0.2, 0) is 4.79 Å². The average Bonchev–Trinajstić information content (AvgIpc) is 2.30. The van der Waals surface area contributed by atoms with Crippen LogP contribution in [-0.4, -0.2) is 30.3 Å². The predicted octanol–water partition coefficient (Wildman–Crippen LogP) is 0.267. The summed E-state index contributed by atoms with van der Waals surface area (Å²) in [6, 6.07) is 1.67. The number of aliphatic hydroxyl groups excluding tert-OH is 1. The number of carbonyl (C=O) groups excluding carboxylic acids is 1. The minimum absolute atomic E-state index is 0.0253. The number of nitrogen functional groups attached to an aromatic ring is 1. The van der Waals surface area contributed by atoms with Crippen LogP contribution in [0.2, 0.25) is 0 Å². The van der Waals surface area contributed by atoms with Gasteiger partial charge in [-0.2, -0.15) is 8.78 Å². The number of halogens is 3. The fourth-order valence-corrected chi connectivity index (χ4v) is 1.22. The molecule has 0 saturated heterocycles. The Morgan fingerprint density at radius 1 is 1.47 bits per heavy atom. The van der Waals surface area contributed by atoms with Gasteiger partial charge in [-0.25, -0.2) is 4.39 Å². The molecule has 1 rings (SSSR count). The highest BCUT2D eigenvalue weighted by Gasteiger charge is 2.15. The molecule has 0 fully saturated rings. The van der Waals surface area contributed by atoms with Crippen molar-refractivity contribution in [1.82, 2.24) is 0 Å². The van der Waals surface area contributed by atoms with Gasteiger partial charge in [0, 0.05) is 18.7 Å². The van der Waals surface area contributed by atoms with Crippen LogP contribution in [0.3, 0.4) is 0 Å². The number of primary amides is 1. The van der Waals surface area contributed by atoms with Crippen molar-refractivity contribution in [2.75, 3.05) is 17.6 Å². The number of benzene rings is 1. The fourth-order valence-electron chi connectivity index (χ4n) is 1.22. The number of amides is 1. The molecule has 0 spiro atoms. The molecule has 0 aromatic heterocycles. The maximum atomic E-state index is 13.2. The van der Waals surface area contributed by atoms with E-state index < -0.39 is 30.2 Å². The van der Waals surface area contributed by atoms with E-state index >= 15 is 0 Å². The second kappa shape index (κ2) is 6.14. The summed E-state index contributed by atoms with van der Waals surface area (Å²) in [5, 5.41) is 11.6. The second-order valence-corrected chi connectivity index (χ2v) is 3.55. The van der Waals surface area contributed by atoms with Crippen LogP contribution in [0.5, 0.6) is 5.75 Å². The summed E-state index contributed by atoms with van der Waals surface area (Å²) in [5.41, 5.74) is 10.2. The molecule has 1 atom stereocenters. The maximum absolute atomic E-state index is 13.2. The first-order chi connectivity index (χ1) is 8.81. The van der Waals surface area contributed by atoms with Gasteiger partial charge in [-0.05, 0) is 0 Å². The first-order valence-electron chi connectivity index (χ1n) is 5.06. The van der Waals surface area contributed by atoms with Crippen molar-refractivity contribution in [2.45, 2.75) is 12.7 Å². The Bertz CT molecular complexity index is 471. The summed E-state index contributed by atoms with van der Waals surface area (Å²) >= 11 is 0. The monoisotopic (exact) mass is 279 g/mol. The summed E-state index contributed by atoms with van der Waals surface area (Å²) in [4.78, 5) is 10.6. The van der Waals surface area contributed by atoms with E-state index in [4.69, 9.17) is 16.6 Å². The Labute approximate surface area is 106 Å². The third kappa shape index (κ3) is 4.21. The molecule has 0 aliphatic carbocycles. The van der Waals surface area contributed by atoms with Gasteiger partial charge in [0.2, 0.25) is 5.91 Å². The van der Waals surface area contributed by atoms with Crippen LogP contribution < -0.4 is 21.5 Å². The number of nitrogens with one attached hydrogen (secondary N) is 1. The number of aliphatic hydroxyl groups is 1. The quantitative estimate of drug-likeness (QED) is 0.558. The van der Waals surface area contributed by atoms with Crippen LogP contribution >= 0.6 is 0 Å². The molecule has 1 aromatic carbocycles. The number of alkyl halides is 2. The van der Waals surface area contributed by atoms with Crippen molar-refractivity contribution < 1.29 is 27.8 Å². The normalized spacial score (nSPS) is 12.3. The number of hydrogen-bond donors (Lipinski definition) is 4. The molecule has 1 amide bonds. The minimum Gasteiger partial charge on any atom is -0.432 e. The van der Waals surface area contributed by atoms with Crippen molar-refractivity contribution in [1.29, 1.82) is 0 Å². The highest BCUT2D eigenvalue weighted by atomic mass is 19.3. The number of nitrogens with two attached hydrogens (primary N) is 2. The van der Waals surface area contributed by atoms with E-state index in [1.165, 1.54) is 0 Å². The first kappa shape index (κ1) is 14.9. The molecule has 6 nitrogen and oxygen atoms in total. The van der Waals surface area contributed by atoms with E-state index in [9.17, 15) is 18.0 Å². The van der Waals surface area contributed by atoms with Gasteiger partial charge in [0.05, 0.1) is 11.4 Å². The standard InChI is InChI=1S/C10H12F3N3O3/c11-4-1-5(14)6(2-8(4)19-10(12)13)16-3-7(17)9(15)18/h1-2,7,10,16-17H,3,14H2,(H2,15,18). The van der Waals surface area contributed by atoms with Crippen molar-refractivity contribution in [3.63, 3.8) is 0 Å². The molecular weight excluding hydrogens is 267 g/mol. The molecule has 9 heteroatoms. The van der Waals surface area contributed by atoms with E-state index in [1.807, 2.05) is 0 Å². The third-order valence-electron chi connectivity index (χ3n) is 2.13. The topological polar surface area (TPSA) is 111 Å². The smallest absolute Gasteiger partial charge is 0.387 e. The lowest BCUT2D eigenvalue weighted by molar-refractivity contribution is -0.125. The van der Waals surface area contributed by atoms with Gasteiger partial charge < -0.3 is 26.6 Å². The Kier molecular flexibility index (Phi) is 4.81. The van der Waals surface area contributed by atoms with Gasteiger partial charge >= 0.3 is 6.61 Å².